The minimum absolute atomic E-state index is 0.222. The third-order valence-corrected chi connectivity index (χ3v) is 7.14. The Kier molecular flexibility index (Phi) is 15.2. The van der Waals surface area contributed by atoms with Crippen molar-refractivity contribution in [3.63, 3.8) is 0 Å². The zero-order chi connectivity index (χ0) is 22.3. The van der Waals surface area contributed by atoms with Gasteiger partial charge in [0.25, 0.3) is 0 Å². The van der Waals surface area contributed by atoms with E-state index in [9.17, 15) is 9.59 Å². The van der Waals surface area contributed by atoms with Crippen molar-refractivity contribution in [1.29, 1.82) is 0 Å². The lowest BCUT2D eigenvalue weighted by Gasteiger charge is -2.26. The molecule has 0 aliphatic rings. The van der Waals surface area contributed by atoms with E-state index in [2.05, 4.69) is 4.90 Å². The Morgan fingerprint density at radius 2 is 1.17 bits per heavy atom. The van der Waals surface area contributed by atoms with Crippen LogP contribution in [0, 0.1) is 11.8 Å². The first-order valence-corrected chi connectivity index (χ1v) is 12.3. The predicted octanol–water partition coefficient (Wildman–Crippen LogP) is 2.74. The average Bonchev–Trinajstić information content (AvgIpc) is 2.69. The molecular weight excluding hydrogens is 394 g/mol. The van der Waals surface area contributed by atoms with Crippen molar-refractivity contribution in [2.45, 2.75) is 53.0 Å². The fourth-order valence-corrected chi connectivity index (χ4v) is 4.28. The fourth-order valence-electron chi connectivity index (χ4n) is 2.57. The van der Waals surface area contributed by atoms with Crippen LogP contribution in [0.4, 0.5) is 0 Å². The molecule has 0 aliphatic heterocycles. The molecule has 0 fully saturated rings. The molecule has 0 atom stereocenters. The second-order valence-electron chi connectivity index (χ2n) is 7.89. The van der Waals surface area contributed by atoms with Gasteiger partial charge in [0.15, 0.2) is 0 Å². The number of carbonyl (C=O) groups is 2. The summed E-state index contributed by atoms with van der Waals surface area (Å²) >= 11 is 0. The standard InChI is InChI=1S/C20H41NO7Si/c1-17(2)15-27-19(22)9-12-21(13-10-20(23)28-16-18(3)4)11-8-14-29(24-5,25-6)26-7/h17-18H,8-16H2,1-7H3. The number of ether oxygens (including phenoxy) is 2. The van der Waals surface area contributed by atoms with Crippen molar-refractivity contribution >= 4 is 20.7 Å². The third kappa shape index (κ3) is 13.8. The summed E-state index contributed by atoms with van der Waals surface area (Å²) in [5.41, 5.74) is 0. The number of rotatable bonds is 17. The lowest BCUT2D eigenvalue weighted by atomic mass is 10.2. The highest BCUT2D eigenvalue weighted by atomic mass is 28.4. The Bertz CT molecular complexity index is 420. The number of hydrogen-bond acceptors (Lipinski definition) is 8. The smallest absolute Gasteiger partial charge is 0.465 e. The molecule has 8 nitrogen and oxygen atoms in total. The van der Waals surface area contributed by atoms with E-state index in [1.54, 1.807) is 21.3 Å². The number of hydrogen-bond donors (Lipinski definition) is 0. The molecule has 0 radical (unpaired) electrons. The van der Waals surface area contributed by atoms with Gasteiger partial charge in [-0.05, 0) is 24.8 Å². The van der Waals surface area contributed by atoms with Gasteiger partial charge in [0, 0.05) is 40.5 Å². The summed E-state index contributed by atoms with van der Waals surface area (Å²) in [5, 5.41) is 0. The molecule has 0 aromatic rings. The van der Waals surface area contributed by atoms with E-state index in [4.69, 9.17) is 22.8 Å². The van der Waals surface area contributed by atoms with E-state index < -0.39 is 8.80 Å². The van der Waals surface area contributed by atoms with Gasteiger partial charge in [0.1, 0.15) is 0 Å². The summed E-state index contributed by atoms with van der Waals surface area (Å²) in [7, 11) is 2.13. The van der Waals surface area contributed by atoms with Crippen LogP contribution in [0.3, 0.4) is 0 Å². The number of esters is 2. The molecule has 0 aromatic heterocycles. The summed E-state index contributed by atoms with van der Waals surface area (Å²) in [5.74, 6) is 0.169. The Morgan fingerprint density at radius 1 is 0.759 bits per heavy atom. The van der Waals surface area contributed by atoms with Gasteiger partial charge in [-0.1, -0.05) is 27.7 Å². The second kappa shape index (κ2) is 15.8. The second-order valence-corrected chi connectivity index (χ2v) is 11.0. The van der Waals surface area contributed by atoms with Crippen LogP contribution in [0.25, 0.3) is 0 Å². The van der Waals surface area contributed by atoms with Crippen LogP contribution in [0.15, 0.2) is 0 Å². The van der Waals surface area contributed by atoms with Crippen LogP contribution in [0.1, 0.15) is 47.0 Å². The number of nitrogens with zero attached hydrogens (tertiary/aromatic N) is 1. The van der Waals surface area contributed by atoms with Gasteiger partial charge in [0.05, 0.1) is 26.1 Å². The van der Waals surface area contributed by atoms with Crippen LogP contribution in [-0.4, -0.2) is 79.8 Å². The zero-order valence-electron chi connectivity index (χ0n) is 19.3. The first-order valence-electron chi connectivity index (χ1n) is 10.4. The van der Waals surface area contributed by atoms with Crippen LogP contribution in [0.2, 0.25) is 6.04 Å². The molecule has 0 aliphatic carbocycles. The molecule has 9 heteroatoms. The maximum atomic E-state index is 11.9. The van der Waals surface area contributed by atoms with E-state index in [1.165, 1.54) is 0 Å². The monoisotopic (exact) mass is 435 g/mol. The molecule has 29 heavy (non-hydrogen) atoms. The van der Waals surface area contributed by atoms with Crippen molar-refractivity contribution in [2.75, 3.05) is 54.2 Å². The lowest BCUT2D eigenvalue weighted by molar-refractivity contribution is -0.145. The van der Waals surface area contributed by atoms with Gasteiger partial charge in [-0.25, -0.2) is 0 Å². The number of carbonyl (C=O) groups excluding carboxylic acids is 2. The molecule has 0 rings (SSSR count). The normalized spacial score (nSPS) is 12.1. The minimum atomic E-state index is -2.63. The third-order valence-electron chi connectivity index (χ3n) is 4.31. The molecule has 0 bridgehead atoms. The largest absolute Gasteiger partial charge is 0.500 e. The maximum Gasteiger partial charge on any atom is 0.500 e. The zero-order valence-corrected chi connectivity index (χ0v) is 20.3. The molecule has 0 spiro atoms. The van der Waals surface area contributed by atoms with Crippen molar-refractivity contribution in [3.05, 3.63) is 0 Å². The predicted molar refractivity (Wildman–Crippen MR) is 113 cm³/mol. The summed E-state index contributed by atoms with van der Waals surface area (Å²) in [6, 6.07) is 0.655. The first kappa shape index (κ1) is 28.0. The Hall–Kier alpha value is -1.00. The van der Waals surface area contributed by atoms with E-state index in [0.29, 0.717) is 50.7 Å². The van der Waals surface area contributed by atoms with Gasteiger partial charge >= 0.3 is 20.7 Å². The maximum absolute atomic E-state index is 11.9. The van der Waals surface area contributed by atoms with Gasteiger partial charge < -0.3 is 27.7 Å². The summed E-state index contributed by atoms with van der Waals surface area (Å²) in [6.45, 7) is 10.6. The summed E-state index contributed by atoms with van der Waals surface area (Å²) in [6.07, 6.45) is 1.34. The SMILES string of the molecule is CO[Si](CCCN(CCC(=O)OCC(C)C)CCC(=O)OCC(C)C)(OC)OC. The van der Waals surface area contributed by atoms with E-state index in [-0.39, 0.29) is 24.8 Å². The quantitative estimate of drug-likeness (QED) is 0.255. The average molecular weight is 436 g/mol. The summed E-state index contributed by atoms with van der Waals surface area (Å²) in [4.78, 5) is 26.0. The van der Waals surface area contributed by atoms with Crippen molar-refractivity contribution in [2.24, 2.45) is 11.8 Å². The molecule has 0 heterocycles. The highest BCUT2D eigenvalue weighted by molar-refractivity contribution is 6.60. The van der Waals surface area contributed by atoms with Crippen LogP contribution in [0.5, 0.6) is 0 Å². The highest BCUT2D eigenvalue weighted by Crippen LogP contribution is 2.15. The van der Waals surface area contributed by atoms with Crippen LogP contribution < -0.4 is 0 Å². The molecular formula is C20H41NO7Si. The van der Waals surface area contributed by atoms with E-state index in [1.807, 2.05) is 27.7 Å². The molecule has 0 saturated heterocycles. The Balaban J connectivity index is 4.61. The molecule has 172 valence electrons. The van der Waals surface area contributed by atoms with E-state index >= 15 is 0 Å². The van der Waals surface area contributed by atoms with Crippen molar-refractivity contribution in [1.82, 2.24) is 4.90 Å². The van der Waals surface area contributed by atoms with E-state index in [0.717, 1.165) is 6.42 Å². The van der Waals surface area contributed by atoms with Gasteiger partial charge in [-0.3, -0.25) is 9.59 Å². The van der Waals surface area contributed by atoms with Crippen LogP contribution >= 0.6 is 0 Å². The lowest BCUT2D eigenvalue weighted by Crippen LogP contribution is -2.43. The van der Waals surface area contributed by atoms with Crippen molar-refractivity contribution < 1.29 is 32.3 Å². The van der Waals surface area contributed by atoms with Gasteiger partial charge in [-0.2, -0.15) is 0 Å². The first-order chi connectivity index (χ1) is 13.7. The topological polar surface area (TPSA) is 83.5 Å². The minimum Gasteiger partial charge on any atom is -0.465 e. The van der Waals surface area contributed by atoms with Crippen LogP contribution in [-0.2, 0) is 32.3 Å². The fraction of sp³-hybridized carbons (Fsp3) is 0.900. The Morgan fingerprint density at radius 3 is 1.52 bits per heavy atom. The highest BCUT2D eigenvalue weighted by Gasteiger charge is 2.37. The van der Waals surface area contributed by atoms with Gasteiger partial charge in [0.2, 0.25) is 0 Å². The summed E-state index contributed by atoms with van der Waals surface area (Å²) < 4.78 is 26.8. The molecule has 0 amide bonds. The molecule has 0 N–H and O–H groups in total. The van der Waals surface area contributed by atoms with Gasteiger partial charge in [-0.15, -0.1) is 0 Å². The molecule has 0 saturated carbocycles. The van der Waals surface area contributed by atoms with Crippen molar-refractivity contribution in [3.8, 4) is 0 Å². The molecule has 0 unspecified atom stereocenters. The molecule has 0 aromatic carbocycles. The Labute approximate surface area is 177 Å².